The van der Waals surface area contributed by atoms with Gasteiger partial charge in [-0.05, 0) is 42.5 Å². The Balaban J connectivity index is 1.98. The van der Waals surface area contributed by atoms with Crippen molar-refractivity contribution >= 4 is 11.7 Å². The van der Waals surface area contributed by atoms with Crippen LogP contribution >= 0.6 is 0 Å². The van der Waals surface area contributed by atoms with Crippen LogP contribution in [0.4, 0.5) is 19.0 Å². The number of aromatic nitrogens is 2. The average molecular weight is 417 g/mol. The second kappa shape index (κ2) is 7.85. The van der Waals surface area contributed by atoms with E-state index >= 15 is 0 Å². The third kappa shape index (κ3) is 4.64. The molecule has 0 bridgehead atoms. The number of halogens is 3. The predicted octanol–water partition coefficient (Wildman–Crippen LogP) is 5.45. The van der Waals surface area contributed by atoms with Crippen molar-refractivity contribution in [2.24, 2.45) is 0 Å². The normalized spacial score (nSPS) is 12.0. The van der Waals surface area contributed by atoms with Crippen LogP contribution in [0.5, 0.6) is 5.75 Å². The number of anilines is 1. The standard InChI is InChI=1S/C22H22F3N3O2/c1-21(2,3)18-13-19(28(27-18)16-8-10-17(30-4)11-9-16)26-20(29)14-6-5-7-15(12-14)22(23,24)25/h5-13H,1-4H3,(H,26,29). The Bertz CT molecular complexity index is 1050. The molecule has 3 rings (SSSR count). The van der Waals surface area contributed by atoms with E-state index in [1.807, 2.05) is 20.8 Å². The Hall–Kier alpha value is -3.29. The Morgan fingerprint density at radius 2 is 1.70 bits per heavy atom. The predicted molar refractivity (Wildman–Crippen MR) is 108 cm³/mol. The maximum absolute atomic E-state index is 13.0. The molecule has 0 unspecified atom stereocenters. The van der Waals surface area contributed by atoms with E-state index in [1.165, 1.54) is 12.1 Å². The first-order valence-corrected chi connectivity index (χ1v) is 9.22. The average Bonchev–Trinajstić information content (AvgIpc) is 3.11. The zero-order valence-corrected chi connectivity index (χ0v) is 17.0. The molecule has 1 aromatic heterocycles. The molecule has 1 heterocycles. The van der Waals surface area contributed by atoms with Crippen LogP contribution in [0.3, 0.4) is 0 Å². The number of nitrogens with zero attached hydrogens (tertiary/aromatic N) is 2. The van der Waals surface area contributed by atoms with Gasteiger partial charge in [-0.1, -0.05) is 26.8 Å². The van der Waals surface area contributed by atoms with Gasteiger partial charge in [0.05, 0.1) is 24.1 Å². The van der Waals surface area contributed by atoms with Gasteiger partial charge in [0.15, 0.2) is 0 Å². The first-order chi connectivity index (χ1) is 14.0. The summed E-state index contributed by atoms with van der Waals surface area (Å²) in [6.07, 6.45) is -4.53. The third-order valence-electron chi connectivity index (χ3n) is 4.49. The summed E-state index contributed by atoms with van der Waals surface area (Å²) in [7, 11) is 1.56. The zero-order chi connectivity index (χ0) is 22.1. The first-order valence-electron chi connectivity index (χ1n) is 9.22. The lowest BCUT2D eigenvalue weighted by Gasteiger charge is -2.14. The van der Waals surface area contributed by atoms with E-state index in [0.29, 0.717) is 17.3 Å². The summed E-state index contributed by atoms with van der Waals surface area (Å²) in [4.78, 5) is 12.7. The highest BCUT2D eigenvalue weighted by Gasteiger charge is 2.31. The van der Waals surface area contributed by atoms with Crippen LogP contribution in [0.1, 0.15) is 42.4 Å². The number of hydrogen-bond acceptors (Lipinski definition) is 3. The van der Waals surface area contributed by atoms with Crippen molar-refractivity contribution in [1.82, 2.24) is 9.78 Å². The summed E-state index contributed by atoms with van der Waals surface area (Å²) in [6.45, 7) is 5.93. The number of benzene rings is 2. The summed E-state index contributed by atoms with van der Waals surface area (Å²) in [5, 5.41) is 7.28. The van der Waals surface area contributed by atoms with Gasteiger partial charge in [0, 0.05) is 17.0 Å². The number of alkyl halides is 3. The Morgan fingerprint density at radius 1 is 1.03 bits per heavy atom. The molecule has 0 aliphatic heterocycles. The number of carbonyl (C=O) groups is 1. The van der Waals surface area contributed by atoms with Crippen LogP contribution in [-0.2, 0) is 11.6 Å². The fourth-order valence-corrected chi connectivity index (χ4v) is 2.78. The van der Waals surface area contributed by atoms with Gasteiger partial charge in [0.1, 0.15) is 11.6 Å². The van der Waals surface area contributed by atoms with Gasteiger partial charge in [0.2, 0.25) is 0 Å². The van der Waals surface area contributed by atoms with E-state index < -0.39 is 17.6 Å². The second-order valence-corrected chi connectivity index (χ2v) is 7.81. The van der Waals surface area contributed by atoms with Crippen molar-refractivity contribution in [1.29, 1.82) is 0 Å². The number of hydrogen-bond donors (Lipinski definition) is 1. The summed E-state index contributed by atoms with van der Waals surface area (Å²) in [6, 6.07) is 13.1. The van der Waals surface area contributed by atoms with Crippen molar-refractivity contribution < 1.29 is 22.7 Å². The van der Waals surface area contributed by atoms with E-state index in [-0.39, 0.29) is 11.0 Å². The molecule has 0 spiro atoms. The summed E-state index contributed by atoms with van der Waals surface area (Å²) >= 11 is 0. The topological polar surface area (TPSA) is 56.1 Å². The molecule has 1 N–H and O–H groups in total. The molecule has 0 saturated heterocycles. The van der Waals surface area contributed by atoms with Crippen LogP contribution in [-0.4, -0.2) is 22.8 Å². The monoisotopic (exact) mass is 417 g/mol. The molecule has 1 amide bonds. The molecule has 0 aliphatic carbocycles. The summed E-state index contributed by atoms with van der Waals surface area (Å²) in [5.74, 6) is 0.361. The smallest absolute Gasteiger partial charge is 0.416 e. The highest BCUT2D eigenvalue weighted by Crippen LogP contribution is 2.30. The highest BCUT2D eigenvalue weighted by molar-refractivity contribution is 6.04. The Morgan fingerprint density at radius 3 is 2.27 bits per heavy atom. The molecule has 0 atom stereocenters. The molecule has 158 valence electrons. The SMILES string of the molecule is COc1ccc(-n2nc(C(C)(C)C)cc2NC(=O)c2cccc(C(F)(F)F)c2)cc1. The molecule has 0 saturated carbocycles. The summed E-state index contributed by atoms with van der Waals surface area (Å²) < 4.78 is 45.7. The van der Waals surface area contributed by atoms with Crippen LogP contribution in [0.2, 0.25) is 0 Å². The highest BCUT2D eigenvalue weighted by atomic mass is 19.4. The maximum Gasteiger partial charge on any atom is 0.416 e. The molecule has 30 heavy (non-hydrogen) atoms. The molecule has 0 fully saturated rings. The van der Waals surface area contributed by atoms with Crippen molar-refractivity contribution in [3.63, 3.8) is 0 Å². The maximum atomic E-state index is 13.0. The summed E-state index contributed by atoms with van der Waals surface area (Å²) in [5.41, 5.74) is 0.120. The van der Waals surface area contributed by atoms with E-state index in [4.69, 9.17) is 4.74 Å². The fraction of sp³-hybridized carbons (Fsp3) is 0.273. The molecule has 8 heteroatoms. The van der Waals surface area contributed by atoms with Gasteiger partial charge in [-0.2, -0.15) is 18.3 Å². The molecule has 0 aliphatic rings. The van der Waals surface area contributed by atoms with Gasteiger partial charge in [0.25, 0.3) is 5.91 Å². The number of amides is 1. The number of methoxy groups -OCH3 is 1. The third-order valence-corrected chi connectivity index (χ3v) is 4.49. The number of rotatable bonds is 4. The minimum atomic E-state index is -4.53. The second-order valence-electron chi connectivity index (χ2n) is 7.81. The van der Waals surface area contributed by atoms with Gasteiger partial charge >= 0.3 is 6.18 Å². The molecular weight excluding hydrogens is 395 g/mol. The Labute approximate surface area is 172 Å². The number of carbonyl (C=O) groups excluding carboxylic acids is 1. The van der Waals surface area contributed by atoms with Crippen molar-refractivity contribution in [2.45, 2.75) is 32.4 Å². The van der Waals surface area contributed by atoms with Crippen LogP contribution in [0.25, 0.3) is 5.69 Å². The van der Waals surface area contributed by atoms with Crippen molar-refractivity contribution in [2.75, 3.05) is 12.4 Å². The lowest BCUT2D eigenvalue weighted by Crippen LogP contribution is -2.16. The van der Waals surface area contributed by atoms with E-state index in [9.17, 15) is 18.0 Å². The molecule has 3 aromatic rings. The Kier molecular flexibility index (Phi) is 5.61. The van der Waals surface area contributed by atoms with E-state index in [0.717, 1.165) is 17.8 Å². The van der Waals surface area contributed by atoms with Gasteiger partial charge < -0.3 is 10.1 Å². The minimum absolute atomic E-state index is 0.0929. The van der Waals surface area contributed by atoms with Gasteiger partial charge in [-0.3, -0.25) is 4.79 Å². The van der Waals surface area contributed by atoms with Gasteiger partial charge in [-0.25, -0.2) is 4.68 Å². The zero-order valence-electron chi connectivity index (χ0n) is 17.0. The lowest BCUT2D eigenvalue weighted by molar-refractivity contribution is -0.137. The van der Waals surface area contributed by atoms with E-state index in [2.05, 4.69) is 10.4 Å². The fourth-order valence-electron chi connectivity index (χ4n) is 2.78. The molecular formula is C22H22F3N3O2. The quantitative estimate of drug-likeness (QED) is 0.614. The van der Waals surface area contributed by atoms with Crippen LogP contribution < -0.4 is 10.1 Å². The number of nitrogens with one attached hydrogen (secondary N) is 1. The minimum Gasteiger partial charge on any atom is -0.497 e. The van der Waals surface area contributed by atoms with Crippen molar-refractivity contribution in [3.05, 3.63) is 71.4 Å². The molecule has 5 nitrogen and oxygen atoms in total. The van der Waals surface area contributed by atoms with Gasteiger partial charge in [-0.15, -0.1) is 0 Å². The lowest BCUT2D eigenvalue weighted by atomic mass is 9.92. The largest absolute Gasteiger partial charge is 0.497 e. The number of ether oxygens (including phenoxy) is 1. The molecule has 2 aromatic carbocycles. The first kappa shape index (κ1) is 21.4. The van der Waals surface area contributed by atoms with Crippen LogP contribution in [0, 0.1) is 0 Å². The van der Waals surface area contributed by atoms with Crippen LogP contribution in [0.15, 0.2) is 54.6 Å². The van der Waals surface area contributed by atoms with E-state index in [1.54, 1.807) is 42.1 Å². The van der Waals surface area contributed by atoms with Crippen molar-refractivity contribution in [3.8, 4) is 11.4 Å². The molecule has 0 radical (unpaired) electrons.